The van der Waals surface area contributed by atoms with Crippen LogP contribution in [0.4, 0.5) is 4.39 Å². The van der Waals surface area contributed by atoms with Crippen LogP contribution in [-0.4, -0.2) is 86.2 Å². The molecule has 356 valence electrons. The van der Waals surface area contributed by atoms with E-state index in [9.17, 15) is 9.59 Å². The van der Waals surface area contributed by atoms with Crippen molar-refractivity contribution in [3.8, 4) is 11.5 Å². The van der Waals surface area contributed by atoms with E-state index in [0.717, 1.165) is 16.4 Å². The average Bonchev–Trinajstić information content (AvgIpc) is 3.59. The Hall–Kier alpha value is -4.90. The minimum absolute atomic E-state index is 0.110. The van der Waals surface area contributed by atoms with Crippen LogP contribution in [0.1, 0.15) is 81.2 Å². The molecule has 0 aliphatic carbocycles. The van der Waals surface area contributed by atoms with Crippen molar-refractivity contribution in [2.24, 2.45) is 5.92 Å². The minimum atomic E-state index is -3.00. The lowest BCUT2D eigenvalue weighted by molar-refractivity contribution is -0.154. The smallest absolute Gasteiger partial charge is 0.342 e. The Bertz CT molecular complexity index is 2220. The van der Waals surface area contributed by atoms with Gasteiger partial charge in [-0.2, -0.15) is 0 Å². The molecule has 1 saturated heterocycles. The molecule has 10 nitrogen and oxygen atoms in total. The molecule has 0 aromatic heterocycles. The first kappa shape index (κ1) is 52.1. The molecule has 0 spiro atoms. The normalized spacial score (nSPS) is 18.1. The van der Waals surface area contributed by atoms with Gasteiger partial charge in [0.2, 0.25) is 0 Å². The summed E-state index contributed by atoms with van der Waals surface area (Å²) in [7, 11) is -1.50. The summed E-state index contributed by atoms with van der Waals surface area (Å²) in [5.41, 5.74) is 0.928. The van der Waals surface area contributed by atoms with Crippen LogP contribution < -0.4 is 19.8 Å². The zero-order chi connectivity index (χ0) is 48.3. The molecule has 66 heavy (non-hydrogen) atoms. The summed E-state index contributed by atoms with van der Waals surface area (Å²) in [5, 5.41) is 1.91. The fourth-order valence-electron chi connectivity index (χ4n) is 8.06. The maximum absolute atomic E-state index is 17.4. The van der Waals surface area contributed by atoms with Crippen molar-refractivity contribution in [1.82, 2.24) is 0 Å². The van der Waals surface area contributed by atoms with Crippen molar-refractivity contribution in [2.45, 2.75) is 116 Å². The summed E-state index contributed by atoms with van der Waals surface area (Å²) < 4.78 is 66.1. The highest BCUT2D eigenvalue weighted by Gasteiger charge is 2.52. The van der Waals surface area contributed by atoms with E-state index in [1.165, 1.54) is 20.3 Å². The van der Waals surface area contributed by atoms with E-state index in [1.807, 2.05) is 50.2 Å². The summed E-state index contributed by atoms with van der Waals surface area (Å²) in [5.74, 6) is -2.94. The van der Waals surface area contributed by atoms with E-state index in [-0.39, 0.29) is 41.7 Å². The molecule has 4 aromatic rings. The van der Waals surface area contributed by atoms with E-state index >= 15 is 4.39 Å². The SMILES string of the molecule is COCOc1cc(OC)cc(C=CC[C@@H]2OC(C)(C)O[C@@H]2C(OC(=O)c2ccccc2)C(F)=C[C@H](C)[C@H](C)O[Si](c2ccccc2)(c2ccccc2)C(C)(C)C)c1C(=O)OCC[Si](C)(C)C. The van der Waals surface area contributed by atoms with Gasteiger partial charge in [0, 0.05) is 33.3 Å². The molecule has 4 aromatic carbocycles. The predicted molar refractivity (Wildman–Crippen MR) is 264 cm³/mol. The molecule has 0 N–H and O–H groups in total. The van der Waals surface area contributed by atoms with Crippen LogP contribution in [0.25, 0.3) is 6.08 Å². The number of ether oxygens (including phenoxy) is 7. The van der Waals surface area contributed by atoms with Gasteiger partial charge in [-0.1, -0.05) is 138 Å². The number of hydrogen-bond acceptors (Lipinski definition) is 10. The van der Waals surface area contributed by atoms with Crippen LogP contribution in [0.5, 0.6) is 11.5 Å². The maximum atomic E-state index is 17.4. The molecule has 0 saturated carbocycles. The van der Waals surface area contributed by atoms with Gasteiger partial charge in [-0.3, -0.25) is 0 Å². The molecule has 1 heterocycles. The van der Waals surface area contributed by atoms with Gasteiger partial charge in [0.25, 0.3) is 8.32 Å². The Morgan fingerprint density at radius 1 is 0.848 bits per heavy atom. The van der Waals surface area contributed by atoms with Crippen molar-refractivity contribution in [3.63, 3.8) is 0 Å². The molecule has 1 aliphatic heterocycles. The standard InChI is InChI=1S/C53H69FO10Si2/c1-37(38(2)64-66(52(3,4)5,42-26-18-14-19-27-42)43-28-20-15-21-29-43)33-44(54)48(61-50(55)39-23-16-13-17-24-39)49-45(62-53(6,7)63-49)30-22-25-40-34-41(58-9)35-46(60-36-57-8)47(40)51(56)59-31-32-65(10,11)12/h13-29,33-35,37-38,45,48-49H,30-32,36H2,1-12H3/t37-,38-,45-,48?,49-/m0/s1. The van der Waals surface area contributed by atoms with Gasteiger partial charge < -0.3 is 37.6 Å². The Balaban J connectivity index is 1.51. The topological polar surface area (TPSA) is 108 Å². The largest absolute Gasteiger partial charge is 0.497 e. The average molecular weight is 941 g/mol. The third-order valence-electron chi connectivity index (χ3n) is 11.6. The lowest BCUT2D eigenvalue weighted by Gasteiger charge is -2.45. The van der Waals surface area contributed by atoms with Gasteiger partial charge in [-0.25, -0.2) is 14.0 Å². The molecule has 0 bridgehead atoms. The second-order valence-corrected chi connectivity index (χ2v) is 29.3. The molecular formula is C53H69FO10Si2. The minimum Gasteiger partial charge on any atom is -0.497 e. The zero-order valence-electron chi connectivity index (χ0n) is 40.7. The van der Waals surface area contributed by atoms with Crippen LogP contribution in [0.3, 0.4) is 0 Å². The Labute approximate surface area is 393 Å². The lowest BCUT2D eigenvalue weighted by Crippen LogP contribution is -2.67. The highest BCUT2D eigenvalue weighted by Crippen LogP contribution is 2.40. The van der Waals surface area contributed by atoms with Crippen LogP contribution >= 0.6 is 0 Å². The number of hydrogen-bond donors (Lipinski definition) is 0. The second-order valence-electron chi connectivity index (χ2n) is 19.5. The summed E-state index contributed by atoms with van der Waals surface area (Å²) in [6, 6.07) is 33.2. The number of esters is 2. The molecule has 13 heteroatoms. The molecule has 0 amide bonds. The zero-order valence-corrected chi connectivity index (χ0v) is 42.7. The lowest BCUT2D eigenvalue weighted by atomic mass is 9.99. The van der Waals surface area contributed by atoms with Gasteiger partial charge in [0.1, 0.15) is 29.0 Å². The maximum Gasteiger partial charge on any atom is 0.342 e. The number of rotatable bonds is 21. The molecule has 1 unspecified atom stereocenters. The van der Waals surface area contributed by atoms with Gasteiger partial charge in [-0.05, 0) is 78.5 Å². The Morgan fingerprint density at radius 3 is 1.98 bits per heavy atom. The predicted octanol–water partition coefficient (Wildman–Crippen LogP) is 10.8. The number of benzene rings is 4. The van der Waals surface area contributed by atoms with E-state index in [2.05, 4.69) is 64.7 Å². The molecule has 5 atom stereocenters. The Morgan fingerprint density at radius 2 is 1.44 bits per heavy atom. The Kier molecular flexibility index (Phi) is 17.9. The van der Waals surface area contributed by atoms with E-state index < -0.39 is 70.3 Å². The molecule has 0 radical (unpaired) electrons. The fraction of sp³-hybridized carbons (Fsp3) is 0.434. The first-order valence-electron chi connectivity index (χ1n) is 22.6. The van der Waals surface area contributed by atoms with Crippen molar-refractivity contribution >= 4 is 44.8 Å². The summed E-state index contributed by atoms with van der Waals surface area (Å²) >= 11 is 0. The van der Waals surface area contributed by atoms with Gasteiger partial charge in [0.05, 0.1) is 25.4 Å². The van der Waals surface area contributed by atoms with Crippen molar-refractivity contribution in [3.05, 3.63) is 138 Å². The van der Waals surface area contributed by atoms with Gasteiger partial charge >= 0.3 is 11.9 Å². The van der Waals surface area contributed by atoms with Crippen LogP contribution in [0.15, 0.2) is 121 Å². The van der Waals surface area contributed by atoms with Crippen molar-refractivity contribution in [2.75, 3.05) is 27.6 Å². The monoisotopic (exact) mass is 940 g/mol. The quantitative estimate of drug-likeness (QED) is 0.0455. The number of carbonyl (C=O) groups is 2. The van der Waals surface area contributed by atoms with Crippen molar-refractivity contribution in [1.29, 1.82) is 0 Å². The molecule has 1 aliphatic rings. The van der Waals surface area contributed by atoms with E-state index in [4.69, 9.17) is 37.6 Å². The summed E-state index contributed by atoms with van der Waals surface area (Å²) in [6.45, 7) is 20.7. The number of methoxy groups -OCH3 is 2. The van der Waals surface area contributed by atoms with Gasteiger partial charge in [-0.15, -0.1) is 0 Å². The third-order valence-corrected chi connectivity index (χ3v) is 18.4. The fourth-order valence-corrected chi connectivity index (χ4v) is 13.6. The molecule has 5 rings (SSSR count). The van der Waals surface area contributed by atoms with Crippen LogP contribution in [0, 0.1) is 5.92 Å². The van der Waals surface area contributed by atoms with Crippen molar-refractivity contribution < 1.29 is 51.6 Å². The van der Waals surface area contributed by atoms with Crippen LogP contribution in [0.2, 0.25) is 30.7 Å². The first-order valence-corrected chi connectivity index (χ1v) is 28.3. The third kappa shape index (κ3) is 13.4. The van der Waals surface area contributed by atoms with E-state index in [1.54, 1.807) is 68.5 Å². The summed E-state index contributed by atoms with van der Waals surface area (Å²) in [6.07, 6.45) is 1.35. The highest BCUT2D eigenvalue weighted by atomic mass is 28.4. The summed E-state index contributed by atoms with van der Waals surface area (Å²) in [4.78, 5) is 27.5. The van der Waals surface area contributed by atoms with Gasteiger partial charge in [0.15, 0.2) is 18.7 Å². The second kappa shape index (κ2) is 22.7. The number of halogens is 1. The number of carbonyl (C=O) groups excluding carboxylic acids is 2. The first-order chi connectivity index (χ1) is 31.2. The van der Waals surface area contributed by atoms with Crippen LogP contribution in [-0.2, 0) is 28.1 Å². The van der Waals surface area contributed by atoms with E-state index in [0.29, 0.717) is 11.3 Å². The molecule has 1 fully saturated rings. The molecular weight excluding hydrogens is 872 g/mol. The highest BCUT2D eigenvalue weighted by molar-refractivity contribution is 6.99.